The van der Waals surface area contributed by atoms with Crippen LogP contribution < -0.4 is 0 Å². The standard InChI is InChI=1S/C6H5ClO2/c7-4-2-1-3-5(8)6(4)9/h1-2,9H,3H2. The highest BCUT2D eigenvalue weighted by Gasteiger charge is 2.12. The molecule has 0 radical (unpaired) electrons. The lowest BCUT2D eigenvalue weighted by Gasteiger charge is -2.01. The monoisotopic (exact) mass is 144 g/mol. The second-order valence-corrected chi connectivity index (χ2v) is 2.13. The van der Waals surface area contributed by atoms with Crippen LogP contribution in [-0.4, -0.2) is 10.9 Å². The molecule has 1 aliphatic rings. The maximum absolute atomic E-state index is 10.6. The van der Waals surface area contributed by atoms with Crippen LogP contribution in [0.4, 0.5) is 0 Å². The molecule has 0 heterocycles. The van der Waals surface area contributed by atoms with Gasteiger partial charge in [0.15, 0.2) is 5.76 Å². The van der Waals surface area contributed by atoms with Crippen LogP contribution in [0.5, 0.6) is 0 Å². The summed E-state index contributed by atoms with van der Waals surface area (Å²) in [5, 5.41) is 8.92. The zero-order chi connectivity index (χ0) is 6.85. The van der Waals surface area contributed by atoms with E-state index >= 15 is 0 Å². The van der Waals surface area contributed by atoms with Gasteiger partial charge in [-0.2, -0.15) is 0 Å². The average molecular weight is 145 g/mol. The third-order valence-corrected chi connectivity index (χ3v) is 1.36. The molecule has 1 rings (SSSR count). The van der Waals surface area contributed by atoms with E-state index in [1.54, 1.807) is 6.08 Å². The van der Waals surface area contributed by atoms with Crippen LogP contribution in [0.15, 0.2) is 22.9 Å². The van der Waals surface area contributed by atoms with Gasteiger partial charge in [0, 0.05) is 6.42 Å². The van der Waals surface area contributed by atoms with Crippen molar-refractivity contribution in [1.29, 1.82) is 0 Å². The van der Waals surface area contributed by atoms with Crippen LogP contribution in [0.2, 0.25) is 0 Å². The van der Waals surface area contributed by atoms with Crippen molar-refractivity contribution in [1.82, 2.24) is 0 Å². The van der Waals surface area contributed by atoms with E-state index in [-0.39, 0.29) is 23.0 Å². The second kappa shape index (κ2) is 2.23. The molecule has 1 N–H and O–H groups in total. The predicted molar refractivity (Wildman–Crippen MR) is 34.3 cm³/mol. The van der Waals surface area contributed by atoms with Crippen molar-refractivity contribution < 1.29 is 9.90 Å². The van der Waals surface area contributed by atoms with Crippen molar-refractivity contribution in [2.24, 2.45) is 0 Å². The molecule has 0 aromatic carbocycles. The molecule has 0 bridgehead atoms. The van der Waals surface area contributed by atoms with Crippen molar-refractivity contribution in [3.63, 3.8) is 0 Å². The van der Waals surface area contributed by atoms with E-state index < -0.39 is 0 Å². The summed E-state index contributed by atoms with van der Waals surface area (Å²) in [4.78, 5) is 10.6. The smallest absolute Gasteiger partial charge is 0.202 e. The van der Waals surface area contributed by atoms with Gasteiger partial charge in [-0.3, -0.25) is 4.79 Å². The summed E-state index contributed by atoms with van der Waals surface area (Å²) >= 11 is 5.38. The molecular weight excluding hydrogens is 140 g/mol. The highest BCUT2D eigenvalue weighted by atomic mass is 35.5. The SMILES string of the molecule is O=C1CC=CC(Cl)=C1O. The number of rotatable bonds is 0. The van der Waals surface area contributed by atoms with Crippen LogP contribution in [0.1, 0.15) is 6.42 Å². The largest absolute Gasteiger partial charge is 0.503 e. The average Bonchev–Trinajstić information content (AvgIpc) is 1.83. The molecule has 0 atom stereocenters. The van der Waals surface area contributed by atoms with Crippen LogP contribution in [0.25, 0.3) is 0 Å². The first-order valence-corrected chi connectivity index (χ1v) is 2.88. The summed E-state index contributed by atoms with van der Waals surface area (Å²) in [7, 11) is 0. The third-order valence-electron chi connectivity index (χ3n) is 1.06. The summed E-state index contributed by atoms with van der Waals surface area (Å²) in [5.41, 5.74) is 0. The molecular formula is C6H5ClO2. The van der Waals surface area contributed by atoms with Crippen LogP contribution in [0, 0.1) is 0 Å². The lowest BCUT2D eigenvalue weighted by Crippen LogP contribution is -2.04. The Bertz CT molecular complexity index is 203. The number of hydrogen-bond acceptors (Lipinski definition) is 2. The summed E-state index contributed by atoms with van der Waals surface area (Å²) < 4.78 is 0. The molecule has 9 heavy (non-hydrogen) atoms. The maximum atomic E-state index is 10.6. The van der Waals surface area contributed by atoms with E-state index in [9.17, 15) is 4.79 Å². The number of Topliss-reactive ketones (excluding diaryl/α,β-unsaturated/α-hetero) is 1. The minimum atomic E-state index is -0.320. The highest BCUT2D eigenvalue weighted by Crippen LogP contribution is 2.15. The Morgan fingerprint density at radius 1 is 1.67 bits per heavy atom. The number of aliphatic hydroxyl groups is 1. The summed E-state index contributed by atoms with van der Waals surface area (Å²) in [6.07, 6.45) is 3.38. The lowest BCUT2D eigenvalue weighted by molar-refractivity contribution is -0.117. The summed E-state index contributed by atoms with van der Waals surface area (Å²) in [6.45, 7) is 0. The zero-order valence-corrected chi connectivity index (χ0v) is 5.35. The van der Waals surface area contributed by atoms with Crippen LogP contribution in [-0.2, 0) is 4.79 Å². The van der Waals surface area contributed by atoms with E-state index in [0.29, 0.717) is 0 Å². The zero-order valence-electron chi connectivity index (χ0n) is 4.60. The number of hydrogen-bond donors (Lipinski definition) is 1. The fraction of sp³-hybridized carbons (Fsp3) is 0.167. The van der Waals surface area contributed by atoms with E-state index in [1.807, 2.05) is 0 Å². The molecule has 0 aliphatic heterocycles. The Morgan fingerprint density at radius 3 is 2.78 bits per heavy atom. The number of ketones is 1. The minimum Gasteiger partial charge on any atom is -0.503 e. The van der Waals surface area contributed by atoms with Gasteiger partial charge in [0.05, 0.1) is 5.03 Å². The Labute approximate surface area is 57.4 Å². The van der Waals surface area contributed by atoms with Crippen LogP contribution in [0.3, 0.4) is 0 Å². The summed E-state index contributed by atoms with van der Waals surface area (Å²) in [6, 6.07) is 0. The molecule has 0 amide bonds. The maximum Gasteiger partial charge on any atom is 0.202 e. The molecule has 0 saturated carbocycles. The van der Waals surface area contributed by atoms with Gasteiger partial charge >= 0.3 is 0 Å². The van der Waals surface area contributed by atoms with Gasteiger partial charge in [-0.15, -0.1) is 0 Å². The molecule has 0 saturated heterocycles. The molecule has 0 spiro atoms. The van der Waals surface area contributed by atoms with Gasteiger partial charge in [-0.25, -0.2) is 0 Å². The van der Waals surface area contributed by atoms with Gasteiger partial charge < -0.3 is 5.11 Å². The number of allylic oxidation sites excluding steroid dienone is 4. The van der Waals surface area contributed by atoms with E-state index in [0.717, 1.165) is 0 Å². The summed E-state index contributed by atoms with van der Waals surface area (Å²) in [5.74, 6) is -0.637. The van der Waals surface area contributed by atoms with Gasteiger partial charge in [0.25, 0.3) is 0 Å². The Balaban J connectivity index is 2.97. The Kier molecular flexibility index (Phi) is 1.58. The molecule has 0 unspecified atom stereocenters. The van der Waals surface area contributed by atoms with Gasteiger partial charge in [-0.05, 0) is 6.08 Å². The van der Waals surface area contributed by atoms with Gasteiger partial charge in [0.1, 0.15) is 0 Å². The molecule has 0 fully saturated rings. The first kappa shape index (κ1) is 6.36. The number of halogens is 1. The highest BCUT2D eigenvalue weighted by molar-refractivity contribution is 6.33. The molecule has 0 aromatic rings. The molecule has 3 heteroatoms. The Hall–Kier alpha value is -0.760. The Morgan fingerprint density at radius 2 is 2.33 bits per heavy atom. The van der Waals surface area contributed by atoms with Crippen molar-refractivity contribution in [3.8, 4) is 0 Å². The van der Waals surface area contributed by atoms with E-state index in [4.69, 9.17) is 16.7 Å². The molecule has 2 nitrogen and oxygen atoms in total. The first-order chi connectivity index (χ1) is 4.22. The van der Waals surface area contributed by atoms with Gasteiger partial charge in [0.2, 0.25) is 5.78 Å². The van der Waals surface area contributed by atoms with Gasteiger partial charge in [-0.1, -0.05) is 17.7 Å². The number of carbonyl (C=O) groups excluding carboxylic acids is 1. The number of aliphatic hydroxyl groups excluding tert-OH is 1. The number of carbonyl (C=O) groups is 1. The van der Waals surface area contributed by atoms with Crippen molar-refractivity contribution in [2.45, 2.75) is 6.42 Å². The third kappa shape index (κ3) is 1.13. The topological polar surface area (TPSA) is 37.3 Å². The molecule has 0 aromatic heterocycles. The molecule has 1 aliphatic carbocycles. The van der Waals surface area contributed by atoms with Crippen LogP contribution >= 0.6 is 11.6 Å². The fourth-order valence-corrected chi connectivity index (χ4v) is 0.773. The minimum absolute atomic E-state index is 0.131. The van der Waals surface area contributed by atoms with E-state index in [2.05, 4.69) is 0 Å². The second-order valence-electron chi connectivity index (χ2n) is 1.73. The van der Waals surface area contributed by atoms with Crippen molar-refractivity contribution in [2.75, 3.05) is 0 Å². The fourth-order valence-electron chi connectivity index (χ4n) is 0.578. The predicted octanol–water partition coefficient (Wildman–Crippen LogP) is 1.52. The van der Waals surface area contributed by atoms with E-state index in [1.165, 1.54) is 6.08 Å². The lowest BCUT2D eigenvalue weighted by atomic mass is 10.1. The normalized spacial score (nSPS) is 19.0. The molecule has 48 valence electrons. The quantitative estimate of drug-likeness (QED) is 0.560. The first-order valence-electron chi connectivity index (χ1n) is 2.50. The van der Waals surface area contributed by atoms with Crippen molar-refractivity contribution in [3.05, 3.63) is 22.9 Å². The van der Waals surface area contributed by atoms with Crippen molar-refractivity contribution >= 4 is 17.4 Å².